The first-order valence-corrected chi connectivity index (χ1v) is 6.88. The van der Waals surface area contributed by atoms with E-state index >= 15 is 0 Å². The second-order valence-corrected chi connectivity index (χ2v) is 5.10. The second-order valence-electron chi connectivity index (χ2n) is 4.77. The first-order valence-electron chi connectivity index (χ1n) is 6.41. The number of carbonyl (C=O) groups excluding carboxylic acids is 2. The number of rotatable bonds is 7. The standard InChI is InChI=1S/C15H19NO3S/c1-12(17)16-15(2,14(18)19-9-6-10-20)11-13-7-4-3-5-8-13/h3-5,7-8,10H,6,9,11H2,1-2H3,(H,16,17)/t15-/m0/s1. The Morgan fingerprint density at radius 3 is 2.55 bits per heavy atom. The van der Waals surface area contributed by atoms with E-state index < -0.39 is 11.5 Å². The number of hydrogen-bond acceptors (Lipinski definition) is 4. The van der Waals surface area contributed by atoms with E-state index in [1.165, 1.54) is 12.3 Å². The van der Waals surface area contributed by atoms with Crippen LogP contribution in [0.5, 0.6) is 0 Å². The molecular weight excluding hydrogens is 274 g/mol. The van der Waals surface area contributed by atoms with Crippen LogP contribution in [0.3, 0.4) is 0 Å². The molecule has 0 saturated carbocycles. The first-order chi connectivity index (χ1) is 9.48. The molecule has 0 aliphatic carbocycles. The predicted octanol–water partition coefficient (Wildman–Crippen LogP) is 2.06. The van der Waals surface area contributed by atoms with Gasteiger partial charge in [0, 0.05) is 19.8 Å². The molecule has 0 radical (unpaired) electrons. The summed E-state index contributed by atoms with van der Waals surface area (Å²) in [5.74, 6) is -0.719. The van der Waals surface area contributed by atoms with Crippen LogP contribution in [0.15, 0.2) is 30.3 Å². The lowest BCUT2D eigenvalue weighted by molar-refractivity contribution is -0.152. The van der Waals surface area contributed by atoms with Crippen LogP contribution in [-0.2, 0) is 20.7 Å². The SMILES string of the molecule is CC(=O)N[C@@](C)(Cc1ccccc1)C(=O)OCCC=S. The maximum Gasteiger partial charge on any atom is 0.331 e. The predicted molar refractivity (Wildman–Crippen MR) is 81.6 cm³/mol. The lowest BCUT2D eigenvalue weighted by atomic mass is 9.92. The molecule has 108 valence electrons. The van der Waals surface area contributed by atoms with Crippen molar-refractivity contribution in [1.29, 1.82) is 0 Å². The lowest BCUT2D eigenvalue weighted by Crippen LogP contribution is -2.54. The molecule has 0 spiro atoms. The number of carbonyl (C=O) groups is 2. The van der Waals surface area contributed by atoms with Crippen LogP contribution in [0.1, 0.15) is 25.8 Å². The van der Waals surface area contributed by atoms with Gasteiger partial charge in [0.05, 0.1) is 6.61 Å². The van der Waals surface area contributed by atoms with Gasteiger partial charge in [-0.15, -0.1) is 0 Å². The fourth-order valence-electron chi connectivity index (χ4n) is 1.92. The highest BCUT2D eigenvalue weighted by Gasteiger charge is 2.35. The number of benzene rings is 1. The van der Waals surface area contributed by atoms with Crippen molar-refractivity contribution in [3.05, 3.63) is 35.9 Å². The van der Waals surface area contributed by atoms with E-state index in [0.29, 0.717) is 12.8 Å². The summed E-state index contributed by atoms with van der Waals surface area (Å²) in [6, 6.07) is 9.49. The summed E-state index contributed by atoms with van der Waals surface area (Å²) in [5.41, 5.74) is -0.121. The zero-order valence-corrected chi connectivity index (χ0v) is 12.5. The molecule has 1 rings (SSSR count). The minimum Gasteiger partial charge on any atom is -0.464 e. The van der Waals surface area contributed by atoms with Crippen molar-refractivity contribution in [3.8, 4) is 0 Å². The van der Waals surface area contributed by atoms with Gasteiger partial charge in [0.1, 0.15) is 5.54 Å². The molecule has 4 nitrogen and oxygen atoms in total. The Labute approximate surface area is 124 Å². The van der Waals surface area contributed by atoms with E-state index in [0.717, 1.165) is 5.56 Å². The highest BCUT2D eigenvalue weighted by molar-refractivity contribution is 7.78. The molecule has 0 unspecified atom stereocenters. The largest absolute Gasteiger partial charge is 0.464 e. The topological polar surface area (TPSA) is 55.4 Å². The Kier molecular flexibility index (Phi) is 6.31. The minimum atomic E-state index is -1.07. The van der Waals surface area contributed by atoms with Gasteiger partial charge in [-0.1, -0.05) is 42.5 Å². The van der Waals surface area contributed by atoms with E-state index in [9.17, 15) is 9.59 Å². The van der Waals surface area contributed by atoms with Crippen LogP contribution >= 0.6 is 12.2 Å². The van der Waals surface area contributed by atoms with Gasteiger partial charge in [-0.25, -0.2) is 4.79 Å². The molecular formula is C15H19NO3S. The molecule has 0 aliphatic rings. The maximum atomic E-state index is 12.2. The van der Waals surface area contributed by atoms with Crippen LogP contribution in [0, 0.1) is 0 Å². The summed E-state index contributed by atoms with van der Waals surface area (Å²) >= 11 is 4.69. The summed E-state index contributed by atoms with van der Waals surface area (Å²) in [5, 5.41) is 4.20. The van der Waals surface area contributed by atoms with E-state index in [2.05, 4.69) is 17.5 Å². The normalized spacial score (nSPS) is 13.1. The van der Waals surface area contributed by atoms with Crippen LogP contribution < -0.4 is 5.32 Å². The fourth-order valence-corrected chi connectivity index (χ4v) is 2.02. The molecule has 0 saturated heterocycles. The van der Waals surface area contributed by atoms with Gasteiger partial charge < -0.3 is 10.1 Å². The van der Waals surface area contributed by atoms with E-state index in [1.807, 2.05) is 30.3 Å². The van der Waals surface area contributed by atoms with Crippen LogP contribution in [0.2, 0.25) is 0 Å². The zero-order valence-electron chi connectivity index (χ0n) is 11.7. The zero-order chi connectivity index (χ0) is 15.0. The number of esters is 1. The van der Waals surface area contributed by atoms with Crippen LogP contribution in [0.4, 0.5) is 0 Å². The quantitative estimate of drug-likeness (QED) is 0.475. The molecule has 0 aliphatic heterocycles. The Morgan fingerprint density at radius 2 is 2.00 bits per heavy atom. The average Bonchev–Trinajstić information content (AvgIpc) is 2.39. The molecule has 1 N–H and O–H groups in total. The molecule has 0 heterocycles. The third-order valence-electron chi connectivity index (χ3n) is 2.77. The minimum absolute atomic E-state index is 0.228. The van der Waals surface area contributed by atoms with Crippen molar-refractivity contribution in [2.75, 3.05) is 6.61 Å². The molecule has 0 aromatic heterocycles. The van der Waals surface area contributed by atoms with Crippen molar-refractivity contribution < 1.29 is 14.3 Å². The van der Waals surface area contributed by atoms with Gasteiger partial charge in [-0.05, 0) is 17.9 Å². The van der Waals surface area contributed by atoms with Gasteiger partial charge in [-0.3, -0.25) is 4.79 Å². The lowest BCUT2D eigenvalue weighted by Gasteiger charge is -2.28. The van der Waals surface area contributed by atoms with E-state index in [-0.39, 0.29) is 12.5 Å². The molecule has 1 atom stereocenters. The van der Waals surface area contributed by atoms with Gasteiger partial charge in [0.15, 0.2) is 0 Å². The number of thiocarbonyl (C=S) groups is 1. The van der Waals surface area contributed by atoms with Gasteiger partial charge in [-0.2, -0.15) is 0 Å². The van der Waals surface area contributed by atoms with E-state index in [4.69, 9.17) is 4.74 Å². The summed E-state index contributed by atoms with van der Waals surface area (Å²) in [6.45, 7) is 3.28. The van der Waals surface area contributed by atoms with Gasteiger partial charge >= 0.3 is 5.97 Å². The summed E-state index contributed by atoms with van der Waals surface area (Å²) in [7, 11) is 0. The Hall–Kier alpha value is -1.75. The fraction of sp³-hybridized carbons (Fsp3) is 0.400. The highest BCUT2D eigenvalue weighted by atomic mass is 32.1. The third-order valence-corrected chi connectivity index (χ3v) is 3.01. The van der Waals surface area contributed by atoms with Gasteiger partial charge in [0.25, 0.3) is 0 Å². The van der Waals surface area contributed by atoms with Crippen molar-refractivity contribution in [3.63, 3.8) is 0 Å². The molecule has 0 bridgehead atoms. The Morgan fingerprint density at radius 1 is 1.35 bits per heavy atom. The van der Waals surface area contributed by atoms with E-state index in [1.54, 1.807) is 6.92 Å². The first kappa shape index (κ1) is 16.3. The summed E-state index contributed by atoms with van der Waals surface area (Å²) in [4.78, 5) is 23.5. The highest BCUT2D eigenvalue weighted by Crippen LogP contribution is 2.15. The molecule has 20 heavy (non-hydrogen) atoms. The van der Waals surface area contributed by atoms with Crippen molar-refractivity contribution in [1.82, 2.24) is 5.32 Å². The number of amides is 1. The molecule has 1 amide bonds. The third kappa shape index (κ3) is 5.09. The average molecular weight is 293 g/mol. The van der Waals surface area contributed by atoms with Crippen molar-refractivity contribution >= 4 is 29.5 Å². The molecule has 1 aromatic carbocycles. The van der Waals surface area contributed by atoms with Crippen LogP contribution in [0.25, 0.3) is 0 Å². The second kappa shape index (κ2) is 7.75. The van der Waals surface area contributed by atoms with Gasteiger partial charge in [0.2, 0.25) is 5.91 Å². The van der Waals surface area contributed by atoms with Crippen LogP contribution in [-0.4, -0.2) is 29.4 Å². The number of nitrogens with one attached hydrogen (secondary N) is 1. The smallest absolute Gasteiger partial charge is 0.331 e. The maximum absolute atomic E-state index is 12.2. The Balaban J connectivity index is 2.82. The molecule has 5 heteroatoms. The molecule has 0 fully saturated rings. The van der Waals surface area contributed by atoms with Crippen molar-refractivity contribution in [2.45, 2.75) is 32.2 Å². The number of hydrogen-bond donors (Lipinski definition) is 1. The summed E-state index contributed by atoms with van der Waals surface area (Å²) in [6.07, 6.45) is 0.895. The number of ether oxygens (including phenoxy) is 1. The monoisotopic (exact) mass is 293 g/mol. The Bertz CT molecular complexity index is 475. The summed E-state index contributed by atoms with van der Waals surface area (Å²) < 4.78 is 5.17. The van der Waals surface area contributed by atoms with Crippen molar-refractivity contribution in [2.24, 2.45) is 0 Å². The molecule has 1 aromatic rings.